The quantitative estimate of drug-likeness (QED) is 0.0739. The van der Waals surface area contributed by atoms with Crippen molar-refractivity contribution < 1.29 is 56.0 Å². The Hall–Kier alpha value is 0.604. The predicted molar refractivity (Wildman–Crippen MR) is 151 cm³/mol. The minimum Gasteiger partial charge on any atom is -0.436 e. The summed E-state index contributed by atoms with van der Waals surface area (Å²) in [6.07, 6.45) is -0.559. The van der Waals surface area contributed by atoms with Gasteiger partial charge in [-0.3, -0.25) is 0 Å². The zero-order valence-electron chi connectivity index (χ0n) is 23.9. The molecule has 0 radical (unpaired) electrons. The van der Waals surface area contributed by atoms with Gasteiger partial charge in [0.25, 0.3) is 0 Å². The normalized spacial score (nSPS) is 18.3. The van der Waals surface area contributed by atoms with Crippen LogP contribution < -0.4 is 0 Å². The van der Waals surface area contributed by atoms with Crippen LogP contribution in [0.15, 0.2) is 0 Å². The second-order valence-corrected chi connectivity index (χ2v) is 28.6. The molecule has 0 saturated carbocycles. The van der Waals surface area contributed by atoms with Gasteiger partial charge in [-0.15, -0.1) is 0 Å². The summed E-state index contributed by atoms with van der Waals surface area (Å²) in [5, 5.41) is 36.3. The van der Waals surface area contributed by atoms with Crippen molar-refractivity contribution in [1.29, 1.82) is 0 Å². The molecule has 12 nitrogen and oxygen atoms in total. The van der Waals surface area contributed by atoms with E-state index in [0.717, 1.165) is 12.5 Å². The fourth-order valence-electron chi connectivity index (χ4n) is 3.93. The smallest absolute Gasteiger partial charge is 0.436 e. The Balaban J connectivity index is 4.70. The van der Waals surface area contributed by atoms with Crippen LogP contribution in [0.1, 0.15) is 12.8 Å². The van der Waals surface area contributed by atoms with Gasteiger partial charge in [-0.05, 0) is 70.8 Å². The Bertz CT molecular complexity index is 575. The Morgan fingerprint density at radius 3 is 1.49 bits per heavy atom. The van der Waals surface area contributed by atoms with Crippen LogP contribution in [0.5, 0.6) is 0 Å². The topological polar surface area (TPSA) is 177 Å². The highest BCUT2D eigenvalue weighted by atomic mass is 28.5. The number of hydrogen-bond acceptors (Lipinski definition) is 12. The van der Waals surface area contributed by atoms with Crippen molar-refractivity contribution in [2.75, 3.05) is 39.6 Å². The SMILES string of the molecule is C[Si](C)(CCCOCC(O)CO)O[Si](C)(C)O[Si](C)(C)O[Si](C)(O)O[Si](C)(O)CCCOCC(O)CO. The van der Waals surface area contributed by atoms with Gasteiger partial charge in [0.2, 0.25) is 0 Å². The lowest BCUT2D eigenvalue weighted by Crippen LogP contribution is -2.60. The van der Waals surface area contributed by atoms with Crippen molar-refractivity contribution in [3.05, 3.63) is 0 Å². The molecule has 4 unspecified atom stereocenters. The van der Waals surface area contributed by atoms with Gasteiger partial charge in [-0.25, -0.2) is 0 Å². The maximum Gasteiger partial charge on any atom is 0.477 e. The average Bonchev–Trinajstić information content (AvgIpc) is 2.68. The molecule has 0 heterocycles. The molecule has 0 rings (SSSR count). The van der Waals surface area contributed by atoms with E-state index in [0.29, 0.717) is 19.1 Å². The van der Waals surface area contributed by atoms with Gasteiger partial charge in [-0.2, -0.15) is 0 Å². The first kappa shape index (κ1) is 37.6. The molecule has 0 saturated heterocycles. The maximum absolute atomic E-state index is 10.9. The number of ether oxygens (including phenoxy) is 2. The third-order valence-electron chi connectivity index (χ3n) is 4.90. The predicted octanol–water partition coefficient (Wildman–Crippen LogP) is 0.807. The van der Waals surface area contributed by atoms with E-state index in [1.165, 1.54) is 6.55 Å². The van der Waals surface area contributed by atoms with Crippen LogP contribution in [0, 0.1) is 0 Å². The highest BCUT2D eigenvalue weighted by Crippen LogP contribution is 2.27. The molecule has 6 N–H and O–H groups in total. The standard InChI is InChI=1S/C20H52O12Si5/c1-33(2,13-9-11-27-17-19(23)15-21)29-34(3,4)30-35(5,6)31-37(8,26)32-36(7,25)14-10-12-28-18-20(24)16-22/h19-26H,9-18H2,1-8H3. The van der Waals surface area contributed by atoms with Crippen molar-refractivity contribution >= 4 is 42.8 Å². The summed E-state index contributed by atoms with van der Waals surface area (Å²) in [4.78, 5) is 21.7. The number of aliphatic hydroxyl groups excluding tert-OH is 4. The van der Waals surface area contributed by atoms with Crippen LogP contribution in [0.25, 0.3) is 0 Å². The van der Waals surface area contributed by atoms with Crippen molar-refractivity contribution in [1.82, 2.24) is 0 Å². The van der Waals surface area contributed by atoms with Crippen molar-refractivity contribution in [3.63, 3.8) is 0 Å². The van der Waals surface area contributed by atoms with E-state index in [4.69, 9.17) is 36.1 Å². The van der Waals surface area contributed by atoms with Crippen molar-refractivity contribution in [2.24, 2.45) is 0 Å². The summed E-state index contributed by atoms with van der Waals surface area (Å²) in [7, 11) is -14.6. The third-order valence-corrected chi connectivity index (χ3v) is 22.6. The molecule has 0 aliphatic heterocycles. The Kier molecular flexibility index (Phi) is 17.0. The van der Waals surface area contributed by atoms with Gasteiger partial charge in [0.15, 0.2) is 8.32 Å². The highest BCUT2D eigenvalue weighted by Gasteiger charge is 2.48. The molecule has 0 aromatic heterocycles. The monoisotopic (exact) mass is 624 g/mol. The van der Waals surface area contributed by atoms with E-state index < -0.39 is 55.0 Å². The van der Waals surface area contributed by atoms with E-state index >= 15 is 0 Å². The molecule has 0 bridgehead atoms. The second-order valence-electron chi connectivity index (χ2n) is 11.1. The Morgan fingerprint density at radius 2 is 1.03 bits per heavy atom. The van der Waals surface area contributed by atoms with E-state index in [9.17, 15) is 19.8 Å². The minimum absolute atomic E-state index is 0.0116. The van der Waals surface area contributed by atoms with E-state index in [-0.39, 0.29) is 33.0 Å². The Morgan fingerprint density at radius 1 is 0.595 bits per heavy atom. The zero-order chi connectivity index (χ0) is 29.0. The molecule has 0 amide bonds. The summed E-state index contributed by atoms with van der Waals surface area (Å²) in [5.74, 6) is 0. The summed E-state index contributed by atoms with van der Waals surface area (Å²) in [6.45, 7) is 15.0. The van der Waals surface area contributed by atoms with Crippen molar-refractivity contribution in [2.45, 2.75) is 89.5 Å². The summed E-state index contributed by atoms with van der Waals surface area (Å²) in [5.41, 5.74) is 0. The average molecular weight is 625 g/mol. The Labute approximate surface area is 227 Å². The van der Waals surface area contributed by atoms with E-state index in [2.05, 4.69) is 13.1 Å². The fraction of sp³-hybridized carbons (Fsp3) is 1.00. The number of hydrogen-bond donors (Lipinski definition) is 6. The van der Waals surface area contributed by atoms with Crippen LogP contribution in [0.4, 0.5) is 0 Å². The molecular formula is C20H52O12Si5. The van der Waals surface area contributed by atoms with Crippen LogP contribution in [0.3, 0.4) is 0 Å². The van der Waals surface area contributed by atoms with Gasteiger partial charge in [-0.1, -0.05) is 0 Å². The zero-order valence-corrected chi connectivity index (χ0v) is 28.9. The van der Waals surface area contributed by atoms with Crippen LogP contribution in [-0.2, 0) is 25.9 Å². The second kappa shape index (κ2) is 16.8. The molecule has 0 aromatic rings. The molecule has 0 aliphatic rings. The first-order chi connectivity index (χ1) is 16.7. The molecule has 37 heavy (non-hydrogen) atoms. The summed E-state index contributed by atoms with van der Waals surface area (Å²) < 4.78 is 35.3. The van der Waals surface area contributed by atoms with E-state index in [1.54, 1.807) is 6.55 Å². The molecule has 0 aromatic carbocycles. The van der Waals surface area contributed by atoms with Gasteiger partial charge < -0.3 is 56.0 Å². The lowest BCUT2D eigenvalue weighted by molar-refractivity contribution is 0.00618. The van der Waals surface area contributed by atoms with Gasteiger partial charge >= 0.3 is 34.5 Å². The van der Waals surface area contributed by atoms with Crippen LogP contribution in [-0.4, -0.2) is 125 Å². The van der Waals surface area contributed by atoms with Gasteiger partial charge in [0.05, 0.1) is 26.4 Å². The molecule has 17 heteroatoms. The fourth-order valence-corrected chi connectivity index (χ4v) is 25.1. The lowest BCUT2D eigenvalue weighted by Gasteiger charge is -2.40. The first-order valence-electron chi connectivity index (χ1n) is 12.7. The minimum atomic E-state index is -3.71. The lowest BCUT2D eigenvalue weighted by atomic mass is 10.4. The summed E-state index contributed by atoms with van der Waals surface area (Å²) in [6, 6.07) is 1.14. The van der Waals surface area contributed by atoms with Crippen molar-refractivity contribution in [3.8, 4) is 0 Å². The molecule has 224 valence electrons. The molecule has 0 fully saturated rings. The van der Waals surface area contributed by atoms with Crippen LogP contribution >= 0.6 is 0 Å². The van der Waals surface area contributed by atoms with Crippen LogP contribution in [0.2, 0.25) is 64.5 Å². The van der Waals surface area contributed by atoms with E-state index in [1.807, 2.05) is 26.2 Å². The molecule has 4 atom stereocenters. The molecule has 0 spiro atoms. The van der Waals surface area contributed by atoms with Gasteiger partial charge in [0.1, 0.15) is 12.2 Å². The molecular weight excluding hydrogens is 573 g/mol. The number of aliphatic hydroxyl groups is 4. The largest absolute Gasteiger partial charge is 0.477 e. The third kappa shape index (κ3) is 20.2. The van der Waals surface area contributed by atoms with Gasteiger partial charge in [0, 0.05) is 19.8 Å². The highest BCUT2D eigenvalue weighted by molar-refractivity contribution is 6.89. The first-order valence-corrected chi connectivity index (χ1v) is 26.3. The number of rotatable bonds is 22. The summed E-state index contributed by atoms with van der Waals surface area (Å²) >= 11 is 0. The maximum atomic E-state index is 10.9. The molecule has 0 aliphatic carbocycles.